The zero-order chi connectivity index (χ0) is 23.6. The summed E-state index contributed by atoms with van der Waals surface area (Å²) in [6, 6.07) is 23.5. The minimum Gasteiger partial charge on any atom is -0.326 e. The van der Waals surface area contributed by atoms with E-state index in [0.29, 0.717) is 5.69 Å². The molecule has 0 unspecified atom stereocenters. The summed E-state index contributed by atoms with van der Waals surface area (Å²) in [5.74, 6) is -1.77. The molecule has 168 valence electrons. The van der Waals surface area contributed by atoms with Gasteiger partial charge in [-0.25, -0.2) is 4.39 Å². The third-order valence-electron chi connectivity index (χ3n) is 4.68. The van der Waals surface area contributed by atoms with Crippen LogP contribution >= 0.6 is 0 Å². The quantitative estimate of drug-likeness (QED) is 0.413. The van der Waals surface area contributed by atoms with E-state index in [9.17, 15) is 18.8 Å². The number of nitrogens with one attached hydrogen (secondary N) is 1. The number of halogens is 1. The van der Waals surface area contributed by atoms with E-state index in [2.05, 4.69) is 10.4 Å². The van der Waals surface area contributed by atoms with Crippen LogP contribution in [0.4, 0.5) is 10.1 Å². The van der Waals surface area contributed by atoms with Crippen molar-refractivity contribution in [2.45, 2.75) is 26.2 Å². The molecule has 0 aliphatic rings. The molecule has 0 heterocycles. The first kappa shape index (κ1) is 23.5. The third kappa shape index (κ3) is 7.50. The fourth-order valence-corrected chi connectivity index (χ4v) is 3.12. The highest BCUT2D eigenvalue weighted by atomic mass is 19.1. The van der Waals surface area contributed by atoms with Gasteiger partial charge in [-0.2, -0.15) is 10.1 Å². The zero-order valence-corrected chi connectivity index (χ0v) is 18.2. The molecule has 0 spiro atoms. The molecule has 0 aliphatic carbocycles. The van der Waals surface area contributed by atoms with E-state index in [-0.39, 0.29) is 25.0 Å². The van der Waals surface area contributed by atoms with Crippen LogP contribution in [-0.4, -0.2) is 28.4 Å². The van der Waals surface area contributed by atoms with Gasteiger partial charge < -0.3 is 5.32 Å². The molecule has 33 heavy (non-hydrogen) atoms. The van der Waals surface area contributed by atoms with Crippen molar-refractivity contribution in [1.82, 2.24) is 5.01 Å². The average molecular weight is 445 g/mol. The normalized spacial score (nSPS) is 11.0. The maximum Gasteiger partial charge on any atom is 0.254 e. The first-order valence-corrected chi connectivity index (χ1v) is 10.4. The smallest absolute Gasteiger partial charge is 0.254 e. The highest BCUT2D eigenvalue weighted by molar-refractivity contribution is 6.06. The Bertz CT molecular complexity index is 1080. The van der Waals surface area contributed by atoms with Crippen LogP contribution in [0.3, 0.4) is 0 Å². The van der Waals surface area contributed by atoms with E-state index in [1.807, 2.05) is 36.4 Å². The Morgan fingerprint density at radius 3 is 1.76 bits per heavy atom. The minimum absolute atomic E-state index is 0.0000738. The third-order valence-corrected chi connectivity index (χ3v) is 4.68. The summed E-state index contributed by atoms with van der Waals surface area (Å²) in [6.45, 7) is 1.57. The van der Waals surface area contributed by atoms with Gasteiger partial charge in [0.15, 0.2) is 0 Å². The highest BCUT2D eigenvalue weighted by Gasteiger charge is 2.22. The number of carbonyl (C=O) groups excluding carboxylic acids is 3. The summed E-state index contributed by atoms with van der Waals surface area (Å²) in [5.41, 5.74) is 2.23. The van der Waals surface area contributed by atoms with E-state index < -0.39 is 23.5 Å². The Balaban J connectivity index is 1.74. The van der Waals surface area contributed by atoms with Gasteiger partial charge in [0.25, 0.3) is 11.8 Å². The van der Waals surface area contributed by atoms with Gasteiger partial charge in [0.2, 0.25) is 5.91 Å². The van der Waals surface area contributed by atoms with Crippen molar-refractivity contribution in [3.05, 3.63) is 102 Å². The molecule has 0 atom stereocenters. The number of rotatable bonds is 8. The van der Waals surface area contributed by atoms with E-state index >= 15 is 0 Å². The van der Waals surface area contributed by atoms with E-state index in [1.165, 1.54) is 24.3 Å². The number of amides is 3. The number of anilines is 1. The molecule has 3 rings (SSSR count). The van der Waals surface area contributed by atoms with Gasteiger partial charge >= 0.3 is 0 Å². The molecule has 0 saturated carbocycles. The van der Waals surface area contributed by atoms with Gasteiger partial charge in [0, 0.05) is 11.4 Å². The Labute approximate surface area is 191 Å². The molecule has 7 heteroatoms. The number of nitrogens with zero attached hydrogens (tertiary/aromatic N) is 2. The predicted molar refractivity (Wildman–Crippen MR) is 125 cm³/mol. The zero-order valence-electron chi connectivity index (χ0n) is 18.2. The molecule has 0 saturated heterocycles. The fourth-order valence-electron chi connectivity index (χ4n) is 3.12. The van der Waals surface area contributed by atoms with Gasteiger partial charge in [-0.3, -0.25) is 14.4 Å². The van der Waals surface area contributed by atoms with Crippen molar-refractivity contribution < 1.29 is 18.8 Å². The van der Waals surface area contributed by atoms with Crippen LogP contribution in [0.1, 0.15) is 24.5 Å². The number of benzene rings is 3. The molecule has 0 bridgehead atoms. The van der Waals surface area contributed by atoms with Crippen molar-refractivity contribution >= 4 is 29.1 Å². The van der Waals surface area contributed by atoms with Gasteiger partial charge in [-0.05, 0) is 42.3 Å². The van der Waals surface area contributed by atoms with Crippen LogP contribution in [0.2, 0.25) is 0 Å². The Morgan fingerprint density at radius 1 is 0.788 bits per heavy atom. The molecule has 0 fully saturated rings. The first-order valence-electron chi connectivity index (χ1n) is 10.4. The summed E-state index contributed by atoms with van der Waals surface area (Å²) >= 11 is 0. The van der Waals surface area contributed by atoms with Crippen molar-refractivity contribution in [3.8, 4) is 0 Å². The van der Waals surface area contributed by atoms with E-state index in [4.69, 9.17) is 0 Å². The summed E-state index contributed by atoms with van der Waals surface area (Å²) < 4.78 is 13.0. The highest BCUT2D eigenvalue weighted by Crippen LogP contribution is 2.11. The molecular weight excluding hydrogens is 421 g/mol. The van der Waals surface area contributed by atoms with Crippen molar-refractivity contribution in [2.75, 3.05) is 5.32 Å². The molecule has 6 nitrogen and oxygen atoms in total. The number of carbonyl (C=O) groups is 3. The van der Waals surface area contributed by atoms with Gasteiger partial charge in [0.1, 0.15) is 5.82 Å². The van der Waals surface area contributed by atoms with Gasteiger partial charge in [-0.15, -0.1) is 0 Å². The van der Waals surface area contributed by atoms with E-state index in [0.717, 1.165) is 16.1 Å². The standard InChI is InChI=1S/C26H24FN3O3/c1-19(16-24(31)28-23-14-12-22(27)13-15-23)29-30(25(32)17-20-8-4-2-5-9-20)26(33)18-21-10-6-3-7-11-21/h2-15H,16-18H2,1H3,(H,28,31)/b29-19+. The lowest BCUT2D eigenvalue weighted by Crippen LogP contribution is -2.36. The van der Waals surface area contributed by atoms with Crippen molar-refractivity contribution in [1.29, 1.82) is 0 Å². The molecule has 0 aromatic heterocycles. The lowest BCUT2D eigenvalue weighted by atomic mass is 10.1. The largest absolute Gasteiger partial charge is 0.326 e. The second kappa shape index (κ2) is 11.5. The second-order valence-corrected chi connectivity index (χ2v) is 7.49. The Morgan fingerprint density at radius 2 is 1.27 bits per heavy atom. The van der Waals surface area contributed by atoms with Crippen LogP contribution in [0.5, 0.6) is 0 Å². The summed E-state index contributed by atoms with van der Waals surface area (Å²) in [4.78, 5) is 38.2. The molecular formula is C26H24FN3O3. The monoisotopic (exact) mass is 445 g/mol. The first-order chi connectivity index (χ1) is 15.9. The molecule has 0 aliphatic heterocycles. The summed E-state index contributed by atoms with van der Waals surface area (Å²) in [6.07, 6.45) is -0.134. The van der Waals surface area contributed by atoms with Crippen LogP contribution in [-0.2, 0) is 27.2 Å². The fraction of sp³-hybridized carbons (Fsp3) is 0.154. The number of imide groups is 1. The summed E-state index contributed by atoms with van der Waals surface area (Å²) in [7, 11) is 0. The van der Waals surface area contributed by atoms with Crippen molar-refractivity contribution in [3.63, 3.8) is 0 Å². The molecule has 3 aromatic carbocycles. The van der Waals surface area contributed by atoms with Crippen LogP contribution < -0.4 is 5.32 Å². The maximum absolute atomic E-state index is 13.0. The maximum atomic E-state index is 13.0. The number of hydrogen-bond acceptors (Lipinski definition) is 4. The van der Waals surface area contributed by atoms with Gasteiger partial charge in [-0.1, -0.05) is 60.7 Å². The lowest BCUT2D eigenvalue weighted by Gasteiger charge is -2.17. The SMILES string of the molecule is C/C(CC(=O)Nc1ccc(F)cc1)=N\N(C(=O)Cc1ccccc1)C(=O)Cc1ccccc1. The average Bonchev–Trinajstić information content (AvgIpc) is 2.80. The second-order valence-electron chi connectivity index (χ2n) is 7.49. The minimum atomic E-state index is -0.486. The number of hydrogen-bond donors (Lipinski definition) is 1. The van der Waals surface area contributed by atoms with Crippen LogP contribution in [0.25, 0.3) is 0 Å². The molecule has 3 aromatic rings. The van der Waals surface area contributed by atoms with Crippen molar-refractivity contribution in [2.24, 2.45) is 5.10 Å². The predicted octanol–water partition coefficient (Wildman–Crippen LogP) is 4.37. The topological polar surface area (TPSA) is 78.8 Å². The van der Waals surface area contributed by atoms with E-state index in [1.54, 1.807) is 31.2 Å². The summed E-state index contributed by atoms with van der Waals surface area (Å²) in [5, 5.41) is 7.68. The molecule has 1 N–H and O–H groups in total. The van der Waals surface area contributed by atoms with Gasteiger partial charge in [0.05, 0.1) is 19.3 Å². The Hall–Kier alpha value is -4.13. The number of hydrazone groups is 1. The van der Waals surface area contributed by atoms with Crippen LogP contribution in [0.15, 0.2) is 90.0 Å². The molecule has 3 amide bonds. The van der Waals surface area contributed by atoms with Crippen LogP contribution in [0, 0.1) is 5.82 Å². The lowest BCUT2D eigenvalue weighted by molar-refractivity contribution is -0.144. The molecule has 0 radical (unpaired) electrons. The Kier molecular flexibility index (Phi) is 8.18.